The quantitative estimate of drug-likeness (QED) is 0.0173. The zero-order chi connectivity index (χ0) is 68.4. The standard InChI is InChI=1S/C66H96N10O17S/c1-8-11-16-57(80)75(26-9-2)53(43(4)5)39-54(91-28-10-3)64-71-52(42-94-64)62(84)70-48-36-46-19-22-49(77)38-50(46)51(37-48)61(83)73-74-66(87)92-35-34-90-33-32-89-31-30-88-29-25-67-65(86)93-41-45-17-20-47(21-18-45)69-56(79)40-68-63(85)60(44(6)7)72-55(78)15-13-12-14-27-76-58(81)23-24-59(76)82/h17-24,38,42-44,48,51,53-54,60,77H,8-16,25-37,39-41H2,1-7H3,(H,67,86)(H,68,85)(H,69,79)(H,70,84)(H,72,78)(H,73,83)(H,74,87)/t48-,51+,53?,54+,60?/m0/s1. The number of nitrogens with one attached hydrogen (secondary N) is 7. The largest absolute Gasteiger partial charge is 0.508 e. The number of unbranched alkanes of at least 4 members (excludes halogenated alkanes) is 3. The molecule has 1 aromatic heterocycles. The number of alkyl carbamates (subject to hydrolysis) is 1. The number of rotatable bonds is 42. The van der Waals surface area contributed by atoms with Crippen molar-refractivity contribution in [1.29, 1.82) is 0 Å². The van der Waals surface area contributed by atoms with Gasteiger partial charge in [-0.25, -0.2) is 20.0 Å². The summed E-state index contributed by atoms with van der Waals surface area (Å²) < 4.78 is 33.2. The van der Waals surface area contributed by atoms with E-state index < -0.39 is 59.9 Å². The van der Waals surface area contributed by atoms with Gasteiger partial charge in [0.25, 0.3) is 17.7 Å². The Morgan fingerprint density at radius 3 is 2.11 bits per heavy atom. The van der Waals surface area contributed by atoms with Crippen LogP contribution in [0.1, 0.15) is 163 Å². The summed E-state index contributed by atoms with van der Waals surface area (Å²) in [5, 5.41) is 26.3. The Morgan fingerprint density at radius 1 is 0.734 bits per heavy atom. The second kappa shape index (κ2) is 41.6. The number of carbonyl (C=O) groups excluding carboxylic acids is 10. The molecule has 518 valence electrons. The van der Waals surface area contributed by atoms with Gasteiger partial charge in [0.2, 0.25) is 29.5 Å². The van der Waals surface area contributed by atoms with Gasteiger partial charge in [-0.3, -0.25) is 48.7 Å². The van der Waals surface area contributed by atoms with Crippen molar-refractivity contribution in [3.05, 3.63) is 87.4 Å². The molecule has 0 radical (unpaired) electrons. The summed E-state index contributed by atoms with van der Waals surface area (Å²) in [5.41, 5.74) is 7.26. The molecule has 2 aliphatic rings. The fraction of sp³-hybridized carbons (Fsp3) is 0.591. The molecule has 0 bridgehead atoms. The van der Waals surface area contributed by atoms with Crippen LogP contribution in [0.15, 0.2) is 60.0 Å². The number of ether oxygens (including phenoxy) is 6. The van der Waals surface area contributed by atoms with Crippen molar-refractivity contribution in [2.75, 3.05) is 84.4 Å². The Kier molecular flexibility index (Phi) is 33.9. The highest BCUT2D eigenvalue weighted by molar-refractivity contribution is 7.09. The summed E-state index contributed by atoms with van der Waals surface area (Å²) in [6, 6.07) is 9.83. The molecule has 94 heavy (non-hydrogen) atoms. The van der Waals surface area contributed by atoms with E-state index >= 15 is 0 Å². The number of benzene rings is 2. The number of carbonyl (C=O) groups is 10. The highest BCUT2D eigenvalue weighted by Gasteiger charge is 2.35. The van der Waals surface area contributed by atoms with Crippen molar-refractivity contribution >= 4 is 76.5 Å². The topological polar surface area (TPSA) is 350 Å². The van der Waals surface area contributed by atoms with Gasteiger partial charge in [-0.1, -0.05) is 79.5 Å². The zero-order valence-corrected chi connectivity index (χ0v) is 56.0. The fourth-order valence-corrected chi connectivity index (χ4v) is 11.3. The van der Waals surface area contributed by atoms with E-state index in [1.54, 1.807) is 49.6 Å². The number of hydrogen-bond acceptors (Lipinski definition) is 19. The molecule has 10 amide bonds. The minimum Gasteiger partial charge on any atom is -0.508 e. The van der Waals surface area contributed by atoms with Crippen molar-refractivity contribution in [3.63, 3.8) is 0 Å². The van der Waals surface area contributed by atoms with Gasteiger partial charge >= 0.3 is 12.2 Å². The predicted octanol–water partition coefficient (Wildman–Crippen LogP) is 6.40. The average molecular weight is 1330 g/mol. The molecule has 0 fully saturated rings. The van der Waals surface area contributed by atoms with Crippen molar-refractivity contribution in [2.24, 2.45) is 11.8 Å². The Bertz CT molecular complexity index is 2960. The third-order valence-corrected chi connectivity index (χ3v) is 16.3. The summed E-state index contributed by atoms with van der Waals surface area (Å²) >= 11 is 1.33. The highest BCUT2D eigenvalue weighted by atomic mass is 32.1. The molecule has 2 unspecified atom stereocenters. The number of phenols is 1. The van der Waals surface area contributed by atoms with E-state index in [-0.39, 0.29) is 138 Å². The maximum atomic E-state index is 13.8. The Balaban J connectivity index is 0.893. The lowest BCUT2D eigenvalue weighted by molar-refractivity contribution is -0.137. The first-order chi connectivity index (χ1) is 45.2. The van der Waals surface area contributed by atoms with Gasteiger partial charge in [0.05, 0.1) is 52.1 Å². The Labute approximate surface area is 554 Å². The van der Waals surface area contributed by atoms with Crippen LogP contribution in [0, 0.1) is 11.8 Å². The van der Waals surface area contributed by atoms with E-state index in [2.05, 4.69) is 65.1 Å². The first-order valence-corrected chi connectivity index (χ1v) is 33.4. The molecular weight excluding hydrogens is 1240 g/mol. The molecule has 0 saturated heterocycles. The molecule has 27 nitrogen and oxygen atoms in total. The smallest absolute Gasteiger partial charge is 0.426 e. The average Bonchev–Trinajstić information content (AvgIpc) is 1.03. The first-order valence-electron chi connectivity index (χ1n) is 32.6. The summed E-state index contributed by atoms with van der Waals surface area (Å²) in [7, 11) is 0. The summed E-state index contributed by atoms with van der Waals surface area (Å²) in [4.78, 5) is 135. The third-order valence-electron chi connectivity index (χ3n) is 15.3. The van der Waals surface area contributed by atoms with Gasteiger partial charge in [0.15, 0.2) is 0 Å². The van der Waals surface area contributed by atoms with Crippen LogP contribution in [0.25, 0.3) is 0 Å². The number of hydrazine groups is 1. The summed E-state index contributed by atoms with van der Waals surface area (Å²) in [6.45, 7) is 16.1. The number of aromatic hydroxyl groups is 1. The lowest BCUT2D eigenvalue weighted by Gasteiger charge is -2.36. The predicted molar refractivity (Wildman–Crippen MR) is 349 cm³/mol. The maximum absolute atomic E-state index is 13.8. The monoisotopic (exact) mass is 1330 g/mol. The number of aromatic nitrogens is 1. The van der Waals surface area contributed by atoms with Crippen LogP contribution < -0.4 is 37.4 Å². The van der Waals surface area contributed by atoms with Crippen LogP contribution >= 0.6 is 11.3 Å². The third kappa shape index (κ3) is 26.7. The molecule has 0 spiro atoms. The molecule has 0 saturated carbocycles. The lowest BCUT2D eigenvalue weighted by atomic mass is 9.79. The van der Waals surface area contributed by atoms with E-state index in [0.717, 1.165) is 36.1 Å². The molecule has 5 atom stereocenters. The minimum atomic E-state index is -0.929. The fourth-order valence-electron chi connectivity index (χ4n) is 10.4. The molecule has 1 aliphatic carbocycles. The number of nitrogens with zero attached hydrogens (tertiary/aromatic N) is 3. The SMILES string of the molecule is CCCCC(=O)N(CCC)C(C[C@@H](OCCC)c1nc(C(=O)N[C@H]2Cc3ccc(O)cc3[C@H](C(=O)NNC(=O)OCCOCCOCCOCCNC(=O)OCc3ccc(NC(=O)CNC(=O)C(NC(=O)CCCCCN4C(=O)C=CC4=O)C(C)C)cc3)C2)cs1)C(C)C. The molecule has 2 aromatic carbocycles. The molecule has 3 aromatic rings. The lowest BCUT2D eigenvalue weighted by Crippen LogP contribution is -2.51. The molecule has 2 heterocycles. The number of hydrogen-bond donors (Lipinski definition) is 8. The Morgan fingerprint density at radius 2 is 1.44 bits per heavy atom. The number of thiazole rings is 1. The van der Waals surface area contributed by atoms with Crippen molar-refractivity contribution in [2.45, 2.75) is 162 Å². The van der Waals surface area contributed by atoms with E-state index in [1.807, 2.05) is 11.8 Å². The Hall–Kier alpha value is -8.05. The second-order valence-corrected chi connectivity index (χ2v) is 24.4. The van der Waals surface area contributed by atoms with Crippen molar-refractivity contribution < 1.29 is 81.5 Å². The zero-order valence-electron chi connectivity index (χ0n) is 55.2. The van der Waals surface area contributed by atoms with E-state index in [4.69, 9.17) is 33.4 Å². The number of amides is 10. The molecule has 1 aliphatic heterocycles. The maximum Gasteiger partial charge on any atom is 0.426 e. The van der Waals surface area contributed by atoms with Gasteiger partial charge in [0, 0.05) is 80.8 Å². The van der Waals surface area contributed by atoms with E-state index in [0.29, 0.717) is 73.5 Å². The van der Waals surface area contributed by atoms with E-state index in [1.165, 1.54) is 35.6 Å². The van der Waals surface area contributed by atoms with Crippen LogP contribution in [-0.4, -0.2) is 176 Å². The van der Waals surface area contributed by atoms with Crippen molar-refractivity contribution in [1.82, 2.24) is 46.9 Å². The van der Waals surface area contributed by atoms with Crippen LogP contribution in [0.5, 0.6) is 5.75 Å². The molecular formula is C66H96N10O17S. The van der Waals surface area contributed by atoms with E-state index in [9.17, 15) is 53.1 Å². The highest BCUT2D eigenvalue weighted by Crippen LogP contribution is 2.35. The van der Waals surface area contributed by atoms with Crippen LogP contribution in [0.4, 0.5) is 15.3 Å². The molecule has 28 heteroatoms. The van der Waals surface area contributed by atoms with Crippen LogP contribution in [0.2, 0.25) is 0 Å². The summed E-state index contributed by atoms with van der Waals surface area (Å²) in [5.74, 6) is -3.90. The number of phenolic OH excluding ortho intramolecular Hbond substituents is 1. The number of imide groups is 1. The van der Waals surface area contributed by atoms with Gasteiger partial charge in [-0.2, -0.15) is 0 Å². The number of anilines is 1. The van der Waals surface area contributed by atoms with Gasteiger partial charge in [-0.15, -0.1) is 11.3 Å². The van der Waals surface area contributed by atoms with Gasteiger partial charge < -0.3 is 65.0 Å². The van der Waals surface area contributed by atoms with Gasteiger partial charge in [0.1, 0.15) is 41.8 Å². The summed E-state index contributed by atoms with van der Waals surface area (Å²) in [6.07, 6.45) is 7.18. The second-order valence-electron chi connectivity index (χ2n) is 23.5. The number of fused-ring (bicyclic) bond motifs is 1. The molecule has 8 N–H and O–H groups in total. The minimum absolute atomic E-state index is 0.0387. The molecule has 5 rings (SSSR count). The van der Waals surface area contributed by atoms with Crippen molar-refractivity contribution in [3.8, 4) is 5.75 Å². The van der Waals surface area contributed by atoms with Gasteiger partial charge in [-0.05, 0) is 97.7 Å². The van der Waals surface area contributed by atoms with Crippen LogP contribution in [0.3, 0.4) is 0 Å². The van der Waals surface area contributed by atoms with Crippen LogP contribution in [-0.2, 0) is 75.0 Å². The normalized spacial score (nSPS) is 15.2. The first kappa shape index (κ1) is 76.7.